The molecule has 1 amide bonds. The van der Waals surface area contributed by atoms with Gasteiger partial charge in [0, 0.05) is 25.9 Å². The summed E-state index contributed by atoms with van der Waals surface area (Å²) in [5.41, 5.74) is -0.849. The highest BCUT2D eigenvalue weighted by atomic mass is 35.5. The molecule has 1 saturated heterocycles. The Morgan fingerprint density at radius 1 is 1.26 bits per heavy atom. The quantitative estimate of drug-likeness (QED) is 0.789. The fraction of sp³-hybridized carbons (Fsp3) is 0.923. The Balaban J connectivity index is 1.91. The Labute approximate surface area is 118 Å². The van der Waals surface area contributed by atoms with Crippen molar-refractivity contribution in [1.29, 1.82) is 0 Å². The number of halogens is 1. The van der Waals surface area contributed by atoms with Gasteiger partial charge in [-0.2, -0.15) is 0 Å². The number of carbonyl (C=O) groups excluding carboxylic acids is 1. The molecule has 2 fully saturated rings. The molecule has 1 aliphatic heterocycles. The summed E-state index contributed by atoms with van der Waals surface area (Å²) in [6, 6.07) is 0. The Bertz CT molecular complexity index is 321. The Kier molecular flexibility index (Phi) is 4.71. The first-order valence-corrected chi connectivity index (χ1v) is 7.40. The van der Waals surface area contributed by atoms with Gasteiger partial charge in [0.15, 0.2) is 5.79 Å². The average Bonchev–Trinajstić information content (AvgIpc) is 2.88. The topological polar surface area (TPSA) is 59.0 Å². The van der Waals surface area contributed by atoms with Gasteiger partial charge in [-0.05, 0) is 19.8 Å². The first-order chi connectivity index (χ1) is 9.02. The minimum Gasteiger partial charge on any atom is -0.388 e. The number of ether oxygens (including phenoxy) is 2. The first-order valence-electron chi connectivity index (χ1n) is 6.87. The molecule has 5 nitrogen and oxygen atoms in total. The first kappa shape index (κ1) is 15.0. The van der Waals surface area contributed by atoms with Crippen LogP contribution in [-0.4, -0.2) is 59.5 Å². The lowest BCUT2D eigenvalue weighted by molar-refractivity contribution is -0.204. The highest BCUT2D eigenvalue weighted by molar-refractivity contribution is 6.27. The molecule has 0 aromatic carbocycles. The van der Waals surface area contributed by atoms with E-state index in [1.54, 1.807) is 4.90 Å². The summed E-state index contributed by atoms with van der Waals surface area (Å²) >= 11 is 5.57. The minimum atomic E-state index is -0.849. The zero-order valence-electron chi connectivity index (χ0n) is 11.4. The van der Waals surface area contributed by atoms with Crippen LogP contribution in [-0.2, 0) is 14.3 Å². The second kappa shape index (κ2) is 5.95. The molecular weight excluding hydrogens is 270 g/mol. The molecule has 19 heavy (non-hydrogen) atoms. The lowest BCUT2D eigenvalue weighted by Crippen LogP contribution is -2.51. The second-order valence-corrected chi connectivity index (χ2v) is 5.64. The fourth-order valence-electron chi connectivity index (χ4n) is 2.86. The zero-order valence-corrected chi connectivity index (χ0v) is 12.1. The number of rotatable bonds is 4. The molecule has 0 atom stereocenters. The van der Waals surface area contributed by atoms with Gasteiger partial charge in [-0.15, -0.1) is 11.6 Å². The van der Waals surface area contributed by atoms with Crippen LogP contribution in [0.3, 0.4) is 0 Å². The summed E-state index contributed by atoms with van der Waals surface area (Å²) in [4.78, 5) is 13.3. The average molecular weight is 292 g/mol. The SMILES string of the molecule is CCN(CC1(O)CCC2(CC1)OCCO2)C(=O)CCl. The van der Waals surface area contributed by atoms with Crippen LogP contribution >= 0.6 is 11.6 Å². The maximum atomic E-state index is 11.6. The van der Waals surface area contributed by atoms with E-state index in [1.807, 2.05) is 6.92 Å². The van der Waals surface area contributed by atoms with Gasteiger partial charge < -0.3 is 19.5 Å². The van der Waals surface area contributed by atoms with Gasteiger partial charge in [-0.25, -0.2) is 0 Å². The monoisotopic (exact) mass is 291 g/mol. The van der Waals surface area contributed by atoms with Crippen molar-refractivity contribution in [3.05, 3.63) is 0 Å². The van der Waals surface area contributed by atoms with Gasteiger partial charge in [-0.1, -0.05) is 0 Å². The number of hydrogen-bond donors (Lipinski definition) is 1. The minimum absolute atomic E-state index is 0.0416. The zero-order chi connectivity index (χ0) is 13.9. The van der Waals surface area contributed by atoms with Crippen LogP contribution < -0.4 is 0 Å². The summed E-state index contributed by atoms with van der Waals surface area (Å²) in [7, 11) is 0. The van der Waals surface area contributed by atoms with Gasteiger partial charge in [0.25, 0.3) is 0 Å². The summed E-state index contributed by atoms with van der Waals surface area (Å²) in [5.74, 6) is -0.661. The fourth-order valence-corrected chi connectivity index (χ4v) is 3.03. The van der Waals surface area contributed by atoms with E-state index < -0.39 is 11.4 Å². The molecule has 0 radical (unpaired) electrons. The molecule has 110 valence electrons. The third-order valence-corrected chi connectivity index (χ3v) is 4.32. The number of amides is 1. The van der Waals surface area contributed by atoms with Crippen molar-refractivity contribution in [1.82, 2.24) is 4.90 Å². The molecule has 0 aromatic heterocycles. The number of alkyl halides is 1. The van der Waals surface area contributed by atoms with Crippen molar-refractivity contribution >= 4 is 17.5 Å². The molecule has 1 heterocycles. The summed E-state index contributed by atoms with van der Waals surface area (Å²) < 4.78 is 11.3. The summed E-state index contributed by atoms with van der Waals surface area (Å²) in [6.45, 7) is 4.05. The van der Waals surface area contributed by atoms with Crippen LogP contribution in [0.2, 0.25) is 0 Å². The standard InChI is InChI=1S/C13H22ClNO4/c1-2-15(11(16)9-14)10-12(17)3-5-13(6-4-12)18-7-8-19-13/h17H,2-10H2,1H3. The van der Waals surface area contributed by atoms with Gasteiger partial charge >= 0.3 is 0 Å². The number of aliphatic hydroxyl groups is 1. The largest absolute Gasteiger partial charge is 0.388 e. The molecule has 0 bridgehead atoms. The van der Waals surface area contributed by atoms with Gasteiger partial charge in [-0.3, -0.25) is 4.79 Å². The molecule has 1 saturated carbocycles. The van der Waals surface area contributed by atoms with Gasteiger partial charge in [0.05, 0.1) is 18.8 Å². The Morgan fingerprint density at radius 3 is 2.32 bits per heavy atom. The number of carbonyl (C=O) groups is 1. The van der Waals surface area contributed by atoms with E-state index in [9.17, 15) is 9.90 Å². The van der Waals surface area contributed by atoms with Gasteiger partial charge in [0.1, 0.15) is 5.88 Å². The highest BCUT2D eigenvalue weighted by Gasteiger charge is 2.46. The van der Waals surface area contributed by atoms with Crippen LogP contribution in [0.4, 0.5) is 0 Å². The maximum Gasteiger partial charge on any atom is 0.237 e. The predicted octanol–water partition coefficient (Wildman–Crippen LogP) is 1.12. The van der Waals surface area contributed by atoms with Crippen molar-refractivity contribution < 1.29 is 19.4 Å². The number of nitrogens with zero attached hydrogens (tertiary/aromatic N) is 1. The van der Waals surface area contributed by atoms with E-state index in [2.05, 4.69) is 0 Å². The highest BCUT2D eigenvalue weighted by Crippen LogP contribution is 2.40. The molecule has 2 rings (SSSR count). The molecule has 1 spiro atoms. The molecule has 1 N–H and O–H groups in total. The lowest BCUT2D eigenvalue weighted by Gasteiger charge is -2.42. The van der Waals surface area contributed by atoms with E-state index in [0.29, 0.717) is 52.0 Å². The van der Waals surface area contributed by atoms with Crippen LogP contribution in [0.5, 0.6) is 0 Å². The third-order valence-electron chi connectivity index (χ3n) is 4.09. The van der Waals surface area contributed by atoms with Crippen molar-refractivity contribution in [3.63, 3.8) is 0 Å². The van der Waals surface area contributed by atoms with E-state index >= 15 is 0 Å². The third kappa shape index (κ3) is 3.40. The smallest absolute Gasteiger partial charge is 0.237 e. The Hall–Kier alpha value is -0.360. The van der Waals surface area contributed by atoms with Crippen molar-refractivity contribution in [3.8, 4) is 0 Å². The lowest BCUT2D eigenvalue weighted by atomic mass is 9.81. The van der Waals surface area contributed by atoms with Crippen LogP contribution in [0.1, 0.15) is 32.6 Å². The number of likely N-dealkylation sites (N-methyl/N-ethyl adjacent to an activating group) is 1. The second-order valence-electron chi connectivity index (χ2n) is 5.37. The van der Waals surface area contributed by atoms with Crippen molar-refractivity contribution in [2.75, 3.05) is 32.2 Å². The van der Waals surface area contributed by atoms with Gasteiger partial charge in [0.2, 0.25) is 5.91 Å². The summed E-state index contributed by atoms with van der Waals surface area (Å²) in [5, 5.41) is 10.6. The molecule has 1 aliphatic carbocycles. The van der Waals surface area contributed by atoms with E-state index in [-0.39, 0.29) is 11.8 Å². The molecule has 2 aliphatic rings. The molecule has 6 heteroatoms. The van der Waals surface area contributed by atoms with Crippen LogP contribution in [0.25, 0.3) is 0 Å². The molecule has 0 aromatic rings. The normalized spacial score (nSPS) is 24.6. The Morgan fingerprint density at radius 2 is 1.84 bits per heavy atom. The van der Waals surface area contributed by atoms with Crippen LogP contribution in [0, 0.1) is 0 Å². The van der Waals surface area contributed by atoms with E-state index in [1.165, 1.54) is 0 Å². The van der Waals surface area contributed by atoms with E-state index in [4.69, 9.17) is 21.1 Å². The van der Waals surface area contributed by atoms with Crippen LogP contribution in [0.15, 0.2) is 0 Å². The number of hydrogen-bond acceptors (Lipinski definition) is 4. The maximum absolute atomic E-state index is 11.6. The van der Waals surface area contributed by atoms with Crippen molar-refractivity contribution in [2.24, 2.45) is 0 Å². The molecule has 0 unspecified atom stereocenters. The predicted molar refractivity (Wildman–Crippen MR) is 71.0 cm³/mol. The van der Waals surface area contributed by atoms with E-state index in [0.717, 1.165) is 0 Å². The van der Waals surface area contributed by atoms with Crippen molar-refractivity contribution in [2.45, 2.75) is 44.0 Å². The summed E-state index contributed by atoms with van der Waals surface area (Å²) in [6.07, 6.45) is 2.52. The molecular formula is C13H22ClNO4.